The van der Waals surface area contributed by atoms with Crippen LogP contribution in [-0.2, 0) is 11.3 Å². The van der Waals surface area contributed by atoms with Crippen molar-refractivity contribution in [1.82, 2.24) is 24.1 Å². The van der Waals surface area contributed by atoms with Gasteiger partial charge in [0.25, 0.3) is 0 Å². The van der Waals surface area contributed by atoms with E-state index in [1.54, 1.807) is 25.0 Å². The van der Waals surface area contributed by atoms with Crippen molar-refractivity contribution < 1.29 is 9.53 Å². The Labute approximate surface area is 169 Å². The van der Waals surface area contributed by atoms with E-state index in [0.717, 1.165) is 24.2 Å². The lowest BCUT2D eigenvalue weighted by atomic mass is 10.1. The number of hydrogen-bond donors (Lipinski definition) is 0. The number of hydrogen-bond acceptors (Lipinski definition) is 5. The smallest absolute Gasteiger partial charge is 0.352 e. The summed E-state index contributed by atoms with van der Waals surface area (Å²) in [5.41, 5.74) is 1.72. The summed E-state index contributed by atoms with van der Waals surface area (Å²) in [5.74, 6) is 1.19. The van der Waals surface area contributed by atoms with Crippen LogP contribution in [0.25, 0.3) is 16.9 Å². The van der Waals surface area contributed by atoms with Gasteiger partial charge in [0.15, 0.2) is 5.65 Å². The van der Waals surface area contributed by atoms with E-state index in [9.17, 15) is 9.59 Å². The van der Waals surface area contributed by atoms with Gasteiger partial charge in [0.05, 0.1) is 12.8 Å². The summed E-state index contributed by atoms with van der Waals surface area (Å²) in [6, 6.07) is 9.28. The van der Waals surface area contributed by atoms with Gasteiger partial charge in [-0.15, -0.1) is 5.10 Å². The molecule has 1 aromatic carbocycles. The summed E-state index contributed by atoms with van der Waals surface area (Å²) in [4.78, 5) is 31.8. The fourth-order valence-corrected chi connectivity index (χ4v) is 3.34. The molecule has 0 aliphatic rings. The molecular formula is C21H27N5O3. The number of methoxy groups -OCH3 is 1. The van der Waals surface area contributed by atoms with Crippen LogP contribution in [0.1, 0.15) is 32.5 Å². The van der Waals surface area contributed by atoms with Gasteiger partial charge >= 0.3 is 5.69 Å². The normalized spacial score (nSPS) is 11.0. The minimum atomic E-state index is -0.354. The molecule has 2 aromatic heterocycles. The average Bonchev–Trinajstić information content (AvgIpc) is 3.03. The molecule has 0 N–H and O–H groups in total. The van der Waals surface area contributed by atoms with E-state index < -0.39 is 0 Å². The van der Waals surface area contributed by atoms with E-state index in [1.165, 1.54) is 9.08 Å². The number of carbonyl (C=O) groups excluding carboxylic acids is 1. The molecule has 1 amide bonds. The first kappa shape index (κ1) is 20.6. The Bertz CT molecular complexity index is 1050. The van der Waals surface area contributed by atoms with Gasteiger partial charge in [-0.2, -0.15) is 0 Å². The zero-order chi connectivity index (χ0) is 21.0. The van der Waals surface area contributed by atoms with Crippen LogP contribution < -0.4 is 10.4 Å². The zero-order valence-electron chi connectivity index (χ0n) is 17.4. The maximum atomic E-state index is 12.8. The molecule has 2 heterocycles. The largest absolute Gasteiger partial charge is 0.497 e. The summed E-state index contributed by atoms with van der Waals surface area (Å²) in [5, 5.41) is 4.39. The first-order chi connectivity index (χ1) is 14.0. The van der Waals surface area contributed by atoms with Crippen LogP contribution in [0.5, 0.6) is 5.75 Å². The second-order valence-electron chi connectivity index (χ2n) is 6.93. The second-order valence-corrected chi connectivity index (χ2v) is 6.93. The Morgan fingerprint density at radius 1 is 1.14 bits per heavy atom. The second kappa shape index (κ2) is 8.89. The Morgan fingerprint density at radius 2 is 1.79 bits per heavy atom. The number of aryl methyl sites for hydroxylation is 1. The quantitative estimate of drug-likeness (QED) is 0.583. The molecule has 154 valence electrons. The third-order valence-electron chi connectivity index (χ3n) is 4.75. The fraction of sp³-hybridized carbons (Fsp3) is 0.429. The van der Waals surface area contributed by atoms with Crippen molar-refractivity contribution in [2.45, 2.75) is 40.2 Å². The third-order valence-corrected chi connectivity index (χ3v) is 4.75. The molecule has 0 unspecified atom stereocenters. The SMILES string of the molecule is CCCN(CCC)C(=O)Cn1nc2cc(-c3ccc(OC)cc3)nc(C)n2c1=O. The predicted octanol–water partition coefficient (Wildman–Crippen LogP) is 2.52. The number of amides is 1. The highest BCUT2D eigenvalue weighted by Crippen LogP contribution is 2.21. The van der Waals surface area contributed by atoms with Crippen LogP contribution in [0, 0.1) is 6.92 Å². The monoisotopic (exact) mass is 397 g/mol. The Morgan fingerprint density at radius 3 is 2.38 bits per heavy atom. The summed E-state index contributed by atoms with van der Waals surface area (Å²) >= 11 is 0. The molecule has 29 heavy (non-hydrogen) atoms. The number of ether oxygens (including phenoxy) is 1. The van der Waals surface area contributed by atoms with E-state index in [-0.39, 0.29) is 18.1 Å². The molecule has 0 bridgehead atoms. The van der Waals surface area contributed by atoms with Crippen molar-refractivity contribution in [2.24, 2.45) is 0 Å². The molecule has 3 aromatic rings. The van der Waals surface area contributed by atoms with Crippen molar-refractivity contribution in [1.29, 1.82) is 0 Å². The standard InChI is InChI=1S/C21H27N5O3/c1-5-11-24(12-6-2)20(27)14-25-21(28)26-15(3)22-18(13-19(26)23-25)16-7-9-17(29-4)10-8-16/h7-10,13H,5-6,11-12,14H2,1-4H3. The predicted molar refractivity (Wildman–Crippen MR) is 111 cm³/mol. The van der Waals surface area contributed by atoms with E-state index in [0.29, 0.717) is 30.3 Å². The molecule has 0 saturated heterocycles. The number of benzene rings is 1. The lowest BCUT2D eigenvalue weighted by Crippen LogP contribution is -2.37. The summed E-state index contributed by atoms with van der Waals surface area (Å²) in [6.45, 7) is 7.10. The molecule has 0 spiro atoms. The number of carbonyl (C=O) groups is 1. The number of fused-ring (bicyclic) bond motifs is 1. The highest BCUT2D eigenvalue weighted by Gasteiger charge is 2.18. The van der Waals surface area contributed by atoms with Crippen molar-refractivity contribution in [2.75, 3.05) is 20.2 Å². The Hall–Kier alpha value is -3.16. The number of rotatable bonds is 8. The topological polar surface area (TPSA) is 81.7 Å². The van der Waals surface area contributed by atoms with Crippen LogP contribution in [-0.4, -0.2) is 50.2 Å². The third kappa shape index (κ3) is 4.31. The van der Waals surface area contributed by atoms with Gasteiger partial charge in [-0.1, -0.05) is 13.8 Å². The van der Waals surface area contributed by atoms with Gasteiger partial charge in [-0.3, -0.25) is 4.79 Å². The molecule has 0 fully saturated rings. The minimum absolute atomic E-state index is 0.0716. The fourth-order valence-electron chi connectivity index (χ4n) is 3.34. The van der Waals surface area contributed by atoms with Crippen LogP contribution in [0.15, 0.2) is 35.1 Å². The lowest BCUT2D eigenvalue weighted by molar-refractivity contribution is -0.132. The van der Waals surface area contributed by atoms with Crippen molar-refractivity contribution in [3.63, 3.8) is 0 Å². The molecule has 3 rings (SSSR count). The molecule has 0 aliphatic carbocycles. The Kier molecular flexibility index (Phi) is 6.31. The van der Waals surface area contributed by atoms with E-state index in [4.69, 9.17) is 4.74 Å². The molecule has 0 atom stereocenters. The van der Waals surface area contributed by atoms with E-state index >= 15 is 0 Å². The van der Waals surface area contributed by atoms with Gasteiger partial charge in [0.2, 0.25) is 5.91 Å². The van der Waals surface area contributed by atoms with Crippen molar-refractivity contribution in [3.05, 3.63) is 46.6 Å². The maximum Gasteiger partial charge on any atom is 0.352 e. The molecule has 0 radical (unpaired) electrons. The van der Waals surface area contributed by atoms with Gasteiger partial charge in [0, 0.05) is 24.7 Å². The van der Waals surface area contributed by atoms with E-state index in [1.807, 2.05) is 38.1 Å². The maximum absolute atomic E-state index is 12.8. The van der Waals surface area contributed by atoms with Gasteiger partial charge in [-0.05, 0) is 44.0 Å². The van der Waals surface area contributed by atoms with E-state index in [2.05, 4.69) is 10.1 Å². The number of aromatic nitrogens is 4. The van der Waals surface area contributed by atoms with Crippen molar-refractivity contribution in [3.8, 4) is 17.0 Å². The molecule has 0 saturated carbocycles. The molecule has 0 aliphatic heterocycles. The highest BCUT2D eigenvalue weighted by atomic mass is 16.5. The van der Waals surface area contributed by atoms with Crippen LogP contribution in [0.2, 0.25) is 0 Å². The van der Waals surface area contributed by atoms with Gasteiger partial charge < -0.3 is 9.64 Å². The lowest BCUT2D eigenvalue weighted by Gasteiger charge is -2.20. The minimum Gasteiger partial charge on any atom is -0.497 e. The summed E-state index contributed by atoms with van der Waals surface area (Å²) < 4.78 is 7.85. The zero-order valence-corrected chi connectivity index (χ0v) is 17.4. The van der Waals surface area contributed by atoms with Crippen LogP contribution in [0.4, 0.5) is 0 Å². The Balaban J connectivity index is 1.95. The number of nitrogens with zero attached hydrogens (tertiary/aromatic N) is 5. The first-order valence-corrected chi connectivity index (χ1v) is 9.87. The summed E-state index contributed by atoms with van der Waals surface area (Å²) in [7, 11) is 1.62. The van der Waals surface area contributed by atoms with Crippen molar-refractivity contribution >= 4 is 11.6 Å². The average molecular weight is 397 g/mol. The van der Waals surface area contributed by atoms with Gasteiger partial charge in [0.1, 0.15) is 18.1 Å². The van der Waals surface area contributed by atoms with Gasteiger partial charge in [-0.25, -0.2) is 18.9 Å². The van der Waals surface area contributed by atoms with Crippen LogP contribution in [0.3, 0.4) is 0 Å². The summed E-state index contributed by atoms with van der Waals surface area (Å²) in [6.07, 6.45) is 1.75. The molecule has 8 heteroatoms. The molecule has 8 nitrogen and oxygen atoms in total. The highest BCUT2D eigenvalue weighted by molar-refractivity contribution is 5.76. The van der Waals surface area contributed by atoms with Crippen LogP contribution >= 0.6 is 0 Å². The first-order valence-electron chi connectivity index (χ1n) is 9.87. The molecular weight excluding hydrogens is 370 g/mol.